The van der Waals surface area contributed by atoms with Crippen molar-refractivity contribution in [3.05, 3.63) is 18.0 Å². The minimum atomic E-state index is 0.408. The van der Waals surface area contributed by atoms with Crippen molar-refractivity contribution in [3.8, 4) is 0 Å². The Kier molecular flexibility index (Phi) is 4.78. The van der Waals surface area contributed by atoms with E-state index in [0.717, 1.165) is 19.3 Å². The fraction of sp³-hybridized carbons (Fsp3) is 0.727. The molecule has 0 radical (unpaired) electrons. The number of hydrazine groups is 1. The summed E-state index contributed by atoms with van der Waals surface area (Å²) in [6.07, 6.45) is 7.21. The van der Waals surface area contributed by atoms with E-state index in [4.69, 9.17) is 5.84 Å². The topological polar surface area (TPSA) is 55.9 Å². The quantitative estimate of drug-likeness (QED) is 0.548. The Bertz CT molecular complexity index is 280. The van der Waals surface area contributed by atoms with Crippen LogP contribution in [0.15, 0.2) is 12.4 Å². The Morgan fingerprint density at radius 2 is 2.27 bits per heavy atom. The lowest BCUT2D eigenvalue weighted by Crippen LogP contribution is -2.36. The number of hydrogen-bond acceptors (Lipinski definition) is 3. The van der Waals surface area contributed by atoms with Crippen LogP contribution in [-0.2, 0) is 13.5 Å². The highest BCUT2D eigenvalue weighted by Gasteiger charge is 2.09. The second-order valence-corrected chi connectivity index (χ2v) is 4.55. The molecule has 86 valence electrons. The summed E-state index contributed by atoms with van der Waals surface area (Å²) in [5, 5.41) is 4.15. The Hall–Kier alpha value is -0.870. The smallest absolute Gasteiger partial charge is 0.0521 e. The summed E-state index contributed by atoms with van der Waals surface area (Å²) in [6.45, 7) is 4.43. The molecule has 0 aromatic carbocycles. The van der Waals surface area contributed by atoms with Gasteiger partial charge in [-0.05, 0) is 30.7 Å². The molecule has 0 amide bonds. The zero-order chi connectivity index (χ0) is 11.3. The summed E-state index contributed by atoms with van der Waals surface area (Å²) in [5.41, 5.74) is 4.16. The van der Waals surface area contributed by atoms with Gasteiger partial charge in [0.05, 0.1) is 6.20 Å². The molecule has 1 rings (SSSR count). The molecule has 1 unspecified atom stereocenters. The van der Waals surface area contributed by atoms with E-state index in [-0.39, 0.29) is 0 Å². The average Bonchev–Trinajstić information content (AvgIpc) is 2.58. The lowest BCUT2D eigenvalue weighted by Gasteiger charge is -2.17. The predicted molar refractivity (Wildman–Crippen MR) is 62.1 cm³/mol. The van der Waals surface area contributed by atoms with Crippen molar-refractivity contribution in [1.29, 1.82) is 0 Å². The summed E-state index contributed by atoms with van der Waals surface area (Å²) in [4.78, 5) is 0. The molecule has 1 aromatic rings. The second kappa shape index (κ2) is 5.88. The molecule has 0 saturated carbocycles. The van der Waals surface area contributed by atoms with Crippen LogP contribution in [0, 0.1) is 5.92 Å². The maximum Gasteiger partial charge on any atom is 0.0521 e. The summed E-state index contributed by atoms with van der Waals surface area (Å²) in [7, 11) is 1.94. The molecule has 0 aliphatic heterocycles. The highest BCUT2D eigenvalue weighted by molar-refractivity contribution is 5.03. The molecule has 0 aliphatic rings. The SMILES string of the molecule is CC(C)CC(CCc1cnn(C)c1)NN. The Morgan fingerprint density at radius 3 is 2.73 bits per heavy atom. The molecule has 0 spiro atoms. The molecule has 4 heteroatoms. The van der Waals surface area contributed by atoms with Crippen molar-refractivity contribution in [1.82, 2.24) is 15.2 Å². The first-order chi connectivity index (χ1) is 7.11. The third-order valence-corrected chi connectivity index (χ3v) is 2.53. The highest BCUT2D eigenvalue weighted by Crippen LogP contribution is 2.10. The zero-order valence-corrected chi connectivity index (χ0v) is 9.90. The number of aryl methyl sites for hydroxylation is 2. The van der Waals surface area contributed by atoms with Gasteiger partial charge >= 0.3 is 0 Å². The van der Waals surface area contributed by atoms with E-state index in [9.17, 15) is 0 Å². The molecule has 15 heavy (non-hydrogen) atoms. The number of hydrogen-bond donors (Lipinski definition) is 2. The maximum atomic E-state index is 5.52. The maximum absolute atomic E-state index is 5.52. The van der Waals surface area contributed by atoms with Crippen LogP contribution in [0.25, 0.3) is 0 Å². The summed E-state index contributed by atoms with van der Waals surface area (Å²) >= 11 is 0. The van der Waals surface area contributed by atoms with E-state index in [1.54, 1.807) is 0 Å². The van der Waals surface area contributed by atoms with Crippen LogP contribution in [0.2, 0.25) is 0 Å². The van der Waals surface area contributed by atoms with Gasteiger partial charge in [-0.2, -0.15) is 5.10 Å². The van der Waals surface area contributed by atoms with Gasteiger partial charge in [0.25, 0.3) is 0 Å². The van der Waals surface area contributed by atoms with Crippen LogP contribution in [-0.4, -0.2) is 15.8 Å². The molecule has 1 aromatic heterocycles. The number of aromatic nitrogens is 2. The number of nitrogens with zero attached hydrogens (tertiary/aromatic N) is 2. The van der Waals surface area contributed by atoms with Gasteiger partial charge in [-0.1, -0.05) is 13.8 Å². The average molecular weight is 210 g/mol. The fourth-order valence-corrected chi connectivity index (χ4v) is 1.78. The second-order valence-electron chi connectivity index (χ2n) is 4.55. The summed E-state index contributed by atoms with van der Waals surface area (Å²) in [6, 6.07) is 0.408. The van der Waals surface area contributed by atoms with Gasteiger partial charge in [0.15, 0.2) is 0 Å². The number of nitrogens with two attached hydrogens (primary N) is 1. The Morgan fingerprint density at radius 1 is 1.53 bits per heavy atom. The van der Waals surface area contributed by atoms with Gasteiger partial charge < -0.3 is 0 Å². The van der Waals surface area contributed by atoms with Crippen molar-refractivity contribution in [2.45, 2.75) is 39.2 Å². The molecule has 0 saturated heterocycles. The first-order valence-electron chi connectivity index (χ1n) is 5.55. The van der Waals surface area contributed by atoms with E-state index < -0.39 is 0 Å². The van der Waals surface area contributed by atoms with E-state index in [2.05, 4.69) is 30.6 Å². The molecule has 1 atom stereocenters. The van der Waals surface area contributed by atoms with Crippen LogP contribution in [0.1, 0.15) is 32.3 Å². The molecule has 4 nitrogen and oxygen atoms in total. The Balaban J connectivity index is 2.34. The lowest BCUT2D eigenvalue weighted by atomic mass is 9.99. The molecule has 0 aliphatic carbocycles. The standard InChI is InChI=1S/C11H22N4/c1-9(2)6-11(14-12)5-4-10-7-13-15(3)8-10/h7-9,11,14H,4-6,12H2,1-3H3. The molecular formula is C11H22N4. The molecular weight excluding hydrogens is 188 g/mol. The van der Waals surface area contributed by atoms with E-state index >= 15 is 0 Å². The van der Waals surface area contributed by atoms with Crippen LogP contribution in [0.5, 0.6) is 0 Å². The monoisotopic (exact) mass is 210 g/mol. The van der Waals surface area contributed by atoms with Crippen molar-refractivity contribution < 1.29 is 0 Å². The molecule has 0 bridgehead atoms. The van der Waals surface area contributed by atoms with Gasteiger partial charge in [-0.15, -0.1) is 0 Å². The normalized spacial score (nSPS) is 13.4. The fourth-order valence-electron chi connectivity index (χ4n) is 1.78. The van der Waals surface area contributed by atoms with Gasteiger partial charge in [0, 0.05) is 19.3 Å². The van der Waals surface area contributed by atoms with Crippen molar-refractivity contribution in [2.75, 3.05) is 0 Å². The van der Waals surface area contributed by atoms with E-state index in [0.29, 0.717) is 12.0 Å². The van der Waals surface area contributed by atoms with Crippen molar-refractivity contribution >= 4 is 0 Å². The minimum Gasteiger partial charge on any atom is -0.276 e. The minimum absolute atomic E-state index is 0.408. The highest BCUT2D eigenvalue weighted by atomic mass is 15.2. The largest absolute Gasteiger partial charge is 0.276 e. The van der Waals surface area contributed by atoms with Crippen LogP contribution >= 0.6 is 0 Å². The third kappa shape index (κ3) is 4.44. The van der Waals surface area contributed by atoms with Gasteiger partial charge in [0.2, 0.25) is 0 Å². The Labute approximate surface area is 91.8 Å². The lowest BCUT2D eigenvalue weighted by molar-refractivity contribution is 0.405. The first-order valence-corrected chi connectivity index (χ1v) is 5.55. The van der Waals surface area contributed by atoms with Crippen LogP contribution in [0.3, 0.4) is 0 Å². The first kappa shape index (κ1) is 12.2. The van der Waals surface area contributed by atoms with Gasteiger partial charge in [0.1, 0.15) is 0 Å². The third-order valence-electron chi connectivity index (χ3n) is 2.53. The zero-order valence-electron chi connectivity index (χ0n) is 9.90. The van der Waals surface area contributed by atoms with Crippen LogP contribution < -0.4 is 11.3 Å². The predicted octanol–water partition coefficient (Wildman–Crippen LogP) is 1.23. The summed E-state index contributed by atoms with van der Waals surface area (Å²) < 4.78 is 1.84. The van der Waals surface area contributed by atoms with Crippen molar-refractivity contribution in [3.63, 3.8) is 0 Å². The molecule has 1 heterocycles. The van der Waals surface area contributed by atoms with Gasteiger partial charge in [-0.3, -0.25) is 16.0 Å². The van der Waals surface area contributed by atoms with Gasteiger partial charge in [-0.25, -0.2) is 0 Å². The van der Waals surface area contributed by atoms with E-state index in [1.807, 2.05) is 17.9 Å². The van der Waals surface area contributed by atoms with Crippen molar-refractivity contribution in [2.24, 2.45) is 18.8 Å². The molecule has 0 fully saturated rings. The molecule has 3 N–H and O–H groups in total. The number of rotatable bonds is 6. The van der Waals surface area contributed by atoms with Crippen LogP contribution in [0.4, 0.5) is 0 Å². The summed E-state index contributed by atoms with van der Waals surface area (Å²) in [5.74, 6) is 6.20. The number of nitrogens with one attached hydrogen (secondary N) is 1. The van der Waals surface area contributed by atoms with E-state index in [1.165, 1.54) is 5.56 Å².